The summed E-state index contributed by atoms with van der Waals surface area (Å²) >= 11 is 0. The quantitative estimate of drug-likeness (QED) is 0.0466. The molecule has 346 valence electrons. The maximum Gasteiger partial charge on any atom is 0.306 e. The number of ether oxygens (including phenoxy) is 2. The SMILES string of the molecule is CCCCCCCCC(CC)OC(=O)CCCCCCCN(CCCCCCCC(=O)OC(CCCCCCCC)CCCCCCCC)CCCNC1=CC(=O)NC1. The number of hydrogen-bond acceptors (Lipinski definition) is 7. The van der Waals surface area contributed by atoms with Gasteiger partial charge in [-0.1, -0.05) is 163 Å². The van der Waals surface area contributed by atoms with Gasteiger partial charge in [0, 0.05) is 31.2 Å². The van der Waals surface area contributed by atoms with Crippen LogP contribution in [0.4, 0.5) is 0 Å². The first kappa shape index (κ1) is 54.9. The Balaban J connectivity index is 2.33. The molecule has 0 saturated carbocycles. The molecule has 1 amide bonds. The molecule has 1 aliphatic rings. The highest BCUT2D eigenvalue weighted by Gasteiger charge is 2.15. The van der Waals surface area contributed by atoms with Crippen LogP contribution in [0.3, 0.4) is 0 Å². The van der Waals surface area contributed by atoms with Gasteiger partial charge in [-0.15, -0.1) is 0 Å². The minimum absolute atomic E-state index is 0.00671. The van der Waals surface area contributed by atoms with Crippen molar-refractivity contribution in [3.63, 3.8) is 0 Å². The molecule has 1 unspecified atom stereocenters. The van der Waals surface area contributed by atoms with Crippen molar-refractivity contribution in [3.8, 4) is 0 Å². The van der Waals surface area contributed by atoms with Gasteiger partial charge in [0.05, 0.1) is 6.54 Å². The van der Waals surface area contributed by atoms with Crippen molar-refractivity contribution in [2.75, 3.05) is 32.7 Å². The van der Waals surface area contributed by atoms with Gasteiger partial charge in [-0.25, -0.2) is 0 Å². The van der Waals surface area contributed by atoms with E-state index in [-0.39, 0.29) is 30.1 Å². The Morgan fingerprint density at radius 1 is 0.542 bits per heavy atom. The molecule has 8 nitrogen and oxygen atoms in total. The summed E-state index contributed by atoms with van der Waals surface area (Å²) in [5.41, 5.74) is 0.989. The lowest BCUT2D eigenvalue weighted by Crippen LogP contribution is -2.30. The van der Waals surface area contributed by atoms with Crippen LogP contribution in [0.25, 0.3) is 0 Å². The Kier molecular flexibility index (Phi) is 38.4. The van der Waals surface area contributed by atoms with E-state index < -0.39 is 0 Å². The number of unbranched alkanes of at least 4 members (excludes halogenated alkanes) is 23. The monoisotopic (exact) mass is 832 g/mol. The summed E-state index contributed by atoms with van der Waals surface area (Å²) in [7, 11) is 0. The third-order valence-corrected chi connectivity index (χ3v) is 12.2. The molecule has 2 N–H and O–H groups in total. The van der Waals surface area contributed by atoms with Crippen molar-refractivity contribution in [1.82, 2.24) is 15.5 Å². The molecule has 0 saturated heterocycles. The third-order valence-electron chi connectivity index (χ3n) is 12.2. The molecule has 0 aliphatic carbocycles. The van der Waals surface area contributed by atoms with E-state index in [2.05, 4.69) is 43.2 Å². The van der Waals surface area contributed by atoms with Gasteiger partial charge >= 0.3 is 11.9 Å². The molecular weight excluding hydrogens is 735 g/mol. The first-order valence-electron chi connectivity index (χ1n) is 25.7. The van der Waals surface area contributed by atoms with E-state index in [1.807, 2.05) is 0 Å². The van der Waals surface area contributed by atoms with Crippen LogP contribution in [0.2, 0.25) is 0 Å². The van der Waals surface area contributed by atoms with Gasteiger partial charge in [-0.05, 0) is 96.7 Å². The Hall–Kier alpha value is -2.09. The molecule has 0 radical (unpaired) electrons. The van der Waals surface area contributed by atoms with Crippen LogP contribution in [0.1, 0.15) is 252 Å². The van der Waals surface area contributed by atoms with E-state index in [0.717, 1.165) is 109 Å². The second-order valence-electron chi connectivity index (χ2n) is 17.8. The van der Waals surface area contributed by atoms with Crippen LogP contribution in [0.15, 0.2) is 11.8 Å². The van der Waals surface area contributed by atoms with Crippen molar-refractivity contribution in [1.29, 1.82) is 0 Å². The topological polar surface area (TPSA) is 97.0 Å². The van der Waals surface area contributed by atoms with Crippen LogP contribution in [-0.4, -0.2) is 67.7 Å². The van der Waals surface area contributed by atoms with Gasteiger partial charge in [-0.2, -0.15) is 0 Å². The molecule has 0 aromatic carbocycles. The summed E-state index contributed by atoms with van der Waals surface area (Å²) in [5.74, 6) is -0.000746. The minimum Gasteiger partial charge on any atom is -0.462 e. The van der Waals surface area contributed by atoms with Crippen molar-refractivity contribution < 1.29 is 23.9 Å². The second-order valence-corrected chi connectivity index (χ2v) is 17.8. The van der Waals surface area contributed by atoms with E-state index in [0.29, 0.717) is 19.4 Å². The zero-order valence-electron chi connectivity index (χ0n) is 39.5. The highest BCUT2D eigenvalue weighted by Crippen LogP contribution is 2.19. The maximum atomic E-state index is 12.9. The lowest BCUT2D eigenvalue weighted by molar-refractivity contribution is -0.150. The molecule has 0 fully saturated rings. The predicted molar refractivity (Wildman–Crippen MR) is 250 cm³/mol. The van der Waals surface area contributed by atoms with E-state index >= 15 is 0 Å². The van der Waals surface area contributed by atoms with Gasteiger partial charge < -0.3 is 25.0 Å². The summed E-state index contributed by atoms with van der Waals surface area (Å²) in [4.78, 5) is 39.5. The Morgan fingerprint density at radius 2 is 0.932 bits per heavy atom. The Labute approximate surface area is 365 Å². The van der Waals surface area contributed by atoms with E-state index in [1.54, 1.807) is 6.08 Å². The number of carbonyl (C=O) groups excluding carboxylic acids is 3. The summed E-state index contributed by atoms with van der Waals surface area (Å²) in [6, 6.07) is 0. The first-order chi connectivity index (χ1) is 28.9. The molecule has 1 rings (SSSR count). The van der Waals surface area contributed by atoms with E-state index in [4.69, 9.17) is 9.47 Å². The Bertz CT molecular complexity index is 1000. The van der Waals surface area contributed by atoms with Crippen LogP contribution in [0, 0.1) is 0 Å². The number of amides is 1. The number of hydrogen-bond donors (Lipinski definition) is 2. The maximum absolute atomic E-state index is 12.9. The molecule has 1 aliphatic heterocycles. The van der Waals surface area contributed by atoms with Gasteiger partial charge in [-0.3, -0.25) is 14.4 Å². The fourth-order valence-corrected chi connectivity index (χ4v) is 8.27. The molecule has 0 aromatic rings. The number of nitrogens with zero attached hydrogens (tertiary/aromatic N) is 1. The average molecular weight is 832 g/mol. The average Bonchev–Trinajstić information content (AvgIpc) is 3.65. The molecule has 59 heavy (non-hydrogen) atoms. The van der Waals surface area contributed by atoms with Gasteiger partial charge in [0.25, 0.3) is 0 Å². The van der Waals surface area contributed by atoms with Crippen LogP contribution in [-0.2, 0) is 23.9 Å². The molecule has 0 spiro atoms. The zero-order valence-corrected chi connectivity index (χ0v) is 39.5. The lowest BCUT2D eigenvalue weighted by atomic mass is 10.0. The van der Waals surface area contributed by atoms with Gasteiger partial charge in [0.2, 0.25) is 5.91 Å². The highest BCUT2D eigenvalue weighted by molar-refractivity contribution is 5.90. The van der Waals surface area contributed by atoms with E-state index in [1.165, 1.54) is 135 Å². The minimum atomic E-state index is -0.0118. The van der Waals surface area contributed by atoms with Crippen molar-refractivity contribution in [2.45, 2.75) is 265 Å². The Morgan fingerprint density at radius 3 is 1.37 bits per heavy atom. The number of esters is 2. The standard InChI is InChI=1S/C51H97N3O5/c1-5-9-12-15-20-27-35-47(8-4)58-50(56)38-30-23-18-25-32-41-54(43-34-40-52-46-44-49(55)53-45-46)42-33-26-19-24-31-39-51(57)59-48(36-28-21-16-13-10-6-2)37-29-22-17-14-11-7-3/h44,47-48,52H,5-43,45H2,1-4H3,(H,53,55). The molecule has 8 heteroatoms. The van der Waals surface area contributed by atoms with E-state index in [9.17, 15) is 14.4 Å². The van der Waals surface area contributed by atoms with Crippen molar-refractivity contribution in [2.24, 2.45) is 0 Å². The molecule has 1 atom stereocenters. The zero-order chi connectivity index (χ0) is 42.9. The molecular formula is C51H97N3O5. The largest absolute Gasteiger partial charge is 0.462 e. The molecule has 1 heterocycles. The number of carbonyl (C=O) groups is 3. The fraction of sp³-hybridized carbons (Fsp3) is 0.902. The van der Waals surface area contributed by atoms with Crippen LogP contribution in [0.5, 0.6) is 0 Å². The summed E-state index contributed by atoms with van der Waals surface area (Å²) in [5, 5.41) is 6.26. The summed E-state index contributed by atoms with van der Waals surface area (Å²) in [6.07, 6.45) is 42.1. The second kappa shape index (κ2) is 41.3. The van der Waals surface area contributed by atoms with Gasteiger partial charge in [0.15, 0.2) is 0 Å². The smallest absolute Gasteiger partial charge is 0.306 e. The summed E-state index contributed by atoms with van der Waals surface area (Å²) in [6.45, 7) is 13.6. The molecule has 0 bridgehead atoms. The van der Waals surface area contributed by atoms with Crippen molar-refractivity contribution >= 4 is 17.8 Å². The highest BCUT2D eigenvalue weighted by atomic mass is 16.5. The summed E-state index contributed by atoms with van der Waals surface area (Å²) < 4.78 is 11.9. The normalized spacial score (nSPS) is 13.3. The molecule has 0 aromatic heterocycles. The van der Waals surface area contributed by atoms with Crippen LogP contribution < -0.4 is 10.6 Å². The lowest BCUT2D eigenvalue weighted by Gasteiger charge is -2.22. The first-order valence-corrected chi connectivity index (χ1v) is 25.7. The predicted octanol–water partition coefficient (Wildman–Crippen LogP) is 13.4. The van der Waals surface area contributed by atoms with Crippen molar-refractivity contribution in [3.05, 3.63) is 11.8 Å². The number of rotatable bonds is 45. The van der Waals surface area contributed by atoms with Crippen LogP contribution >= 0.6 is 0 Å². The fourth-order valence-electron chi connectivity index (χ4n) is 8.27. The number of nitrogens with one attached hydrogen (secondary N) is 2. The van der Waals surface area contributed by atoms with Gasteiger partial charge in [0.1, 0.15) is 12.2 Å². The third kappa shape index (κ3) is 35.2.